The number of phosphoric acid groups is 1. The Morgan fingerprint density at radius 1 is 0.517 bits per heavy atom. The van der Waals surface area contributed by atoms with E-state index in [1.54, 1.807) is 0 Å². The fraction of sp³-hybridized carbons (Fsp3) is 0.826. The van der Waals surface area contributed by atoms with Gasteiger partial charge in [0.05, 0.1) is 6.61 Å². The fourth-order valence-electron chi connectivity index (χ4n) is 6.94. The van der Waals surface area contributed by atoms with Gasteiger partial charge in [0, 0.05) is 12.8 Å². The highest BCUT2D eigenvalue weighted by molar-refractivity contribution is 7.47. The quantitative estimate of drug-likeness (QED) is 0.0148. The first-order chi connectivity index (χ1) is 28.9. The van der Waals surface area contributed by atoms with Gasteiger partial charge in [-0.1, -0.05) is 159 Å². The molecule has 1 aliphatic carbocycles. The smallest absolute Gasteiger partial charge is 0.462 e. The van der Waals surface area contributed by atoms with Crippen molar-refractivity contribution in [3.05, 3.63) is 36.5 Å². The number of unbranched alkanes of at least 4 members (excludes halogenated alkanes) is 20. The zero-order chi connectivity index (χ0) is 44.3. The van der Waals surface area contributed by atoms with Gasteiger partial charge in [0.15, 0.2) is 6.10 Å². The lowest BCUT2D eigenvalue weighted by Crippen LogP contribution is -2.64. The molecule has 0 aromatic heterocycles. The van der Waals surface area contributed by atoms with Crippen LogP contribution in [-0.2, 0) is 32.7 Å². The van der Waals surface area contributed by atoms with E-state index in [0.29, 0.717) is 12.8 Å². The molecular formula is C46H83O13P. The molecule has 0 aliphatic heterocycles. The number of carbonyl (C=O) groups excluding carboxylic acids is 2. The van der Waals surface area contributed by atoms with Crippen LogP contribution in [0.1, 0.15) is 187 Å². The number of allylic oxidation sites excluding steroid dienone is 6. The summed E-state index contributed by atoms with van der Waals surface area (Å²) in [5.41, 5.74) is 0. The summed E-state index contributed by atoms with van der Waals surface area (Å²) < 4.78 is 33.5. The number of phosphoric ester groups is 1. The van der Waals surface area contributed by atoms with E-state index in [1.165, 1.54) is 89.9 Å². The molecule has 0 aromatic carbocycles. The van der Waals surface area contributed by atoms with Crippen LogP contribution in [0.4, 0.5) is 0 Å². The molecule has 1 rings (SSSR count). The molecule has 350 valence electrons. The van der Waals surface area contributed by atoms with E-state index in [-0.39, 0.29) is 12.8 Å². The number of ether oxygens (including phenoxy) is 2. The Morgan fingerprint density at radius 2 is 0.900 bits per heavy atom. The van der Waals surface area contributed by atoms with Crippen molar-refractivity contribution in [1.82, 2.24) is 0 Å². The van der Waals surface area contributed by atoms with E-state index in [1.807, 2.05) is 0 Å². The Labute approximate surface area is 361 Å². The van der Waals surface area contributed by atoms with Crippen molar-refractivity contribution in [3.8, 4) is 0 Å². The lowest BCUT2D eigenvalue weighted by atomic mass is 9.85. The highest BCUT2D eigenvalue weighted by atomic mass is 31.2. The van der Waals surface area contributed by atoms with Crippen molar-refractivity contribution in [3.63, 3.8) is 0 Å². The number of rotatable bonds is 38. The van der Waals surface area contributed by atoms with Gasteiger partial charge in [0.1, 0.15) is 43.2 Å². The van der Waals surface area contributed by atoms with Crippen LogP contribution in [0.15, 0.2) is 36.5 Å². The monoisotopic (exact) mass is 875 g/mol. The second kappa shape index (κ2) is 36.5. The van der Waals surface area contributed by atoms with Crippen LogP contribution in [0.2, 0.25) is 0 Å². The van der Waals surface area contributed by atoms with E-state index in [2.05, 4.69) is 50.3 Å². The van der Waals surface area contributed by atoms with Crippen LogP contribution >= 0.6 is 7.82 Å². The largest absolute Gasteiger partial charge is 0.472 e. The molecule has 0 bridgehead atoms. The average Bonchev–Trinajstić information content (AvgIpc) is 3.23. The van der Waals surface area contributed by atoms with E-state index >= 15 is 0 Å². The summed E-state index contributed by atoms with van der Waals surface area (Å²) in [6.45, 7) is 3.24. The Morgan fingerprint density at radius 3 is 1.40 bits per heavy atom. The molecule has 6 unspecified atom stereocenters. The van der Waals surface area contributed by atoms with Gasteiger partial charge in [-0.05, 0) is 51.4 Å². The fourth-order valence-corrected chi connectivity index (χ4v) is 7.91. The summed E-state index contributed by atoms with van der Waals surface area (Å²) in [5, 5.41) is 50.1. The molecule has 1 saturated carbocycles. The maximum atomic E-state index is 12.8. The van der Waals surface area contributed by atoms with Crippen molar-refractivity contribution in [2.45, 2.75) is 230 Å². The number of aliphatic hydroxyl groups excluding tert-OH is 5. The van der Waals surface area contributed by atoms with E-state index < -0.39 is 75.7 Å². The van der Waals surface area contributed by atoms with Crippen molar-refractivity contribution in [1.29, 1.82) is 0 Å². The van der Waals surface area contributed by atoms with Gasteiger partial charge in [-0.25, -0.2) is 4.57 Å². The summed E-state index contributed by atoms with van der Waals surface area (Å²) >= 11 is 0. The molecule has 0 saturated heterocycles. The third-order valence-electron chi connectivity index (χ3n) is 10.7. The molecule has 0 radical (unpaired) electrons. The van der Waals surface area contributed by atoms with Crippen LogP contribution in [0.25, 0.3) is 0 Å². The SMILES string of the molecule is CCCCC/C=C\C/C=C\C/C=C\CCCCC(=O)OC[C@H](COP(=O)(O)OC1C(O)C(O)C(O)[C@@H](O)C1O)OC(=O)CCCCCCCCCCCCCCCCCC. The van der Waals surface area contributed by atoms with Gasteiger partial charge in [-0.15, -0.1) is 0 Å². The maximum Gasteiger partial charge on any atom is 0.472 e. The first-order valence-corrected chi connectivity index (χ1v) is 24.8. The molecule has 8 atom stereocenters. The molecule has 1 aliphatic rings. The van der Waals surface area contributed by atoms with Crippen molar-refractivity contribution in [2.75, 3.05) is 13.2 Å². The van der Waals surface area contributed by atoms with Gasteiger partial charge in [-0.3, -0.25) is 18.6 Å². The minimum absolute atomic E-state index is 0.0915. The third kappa shape index (κ3) is 28.6. The lowest BCUT2D eigenvalue weighted by molar-refractivity contribution is -0.220. The van der Waals surface area contributed by atoms with Gasteiger partial charge >= 0.3 is 19.8 Å². The van der Waals surface area contributed by atoms with Crippen LogP contribution in [-0.4, -0.2) is 98.3 Å². The summed E-state index contributed by atoms with van der Waals surface area (Å²) in [4.78, 5) is 35.7. The standard InChI is InChI=1S/C46H83O13P/c1-3-5-7-9-11-13-15-17-19-21-23-25-27-29-31-33-35-40(48)58-38(37-57-60(54,55)59-46-44(52)42(50)41(49)43(51)45(46)53)36-56-39(47)34-32-30-28-26-24-22-20-18-16-14-12-10-8-6-4-2/h12,14,18,20,24,26,38,41-46,49-53H,3-11,13,15-17,19,21-23,25,27-37H2,1-2H3,(H,54,55)/b14-12-,20-18-,26-24-/t38-,41?,42-,43?,44?,45?,46?/m1/s1. The van der Waals surface area contributed by atoms with E-state index in [4.69, 9.17) is 18.5 Å². The van der Waals surface area contributed by atoms with Gasteiger partial charge in [0.25, 0.3) is 0 Å². The van der Waals surface area contributed by atoms with Gasteiger partial charge in [0.2, 0.25) is 0 Å². The molecule has 0 heterocycles. The molecule has 14 heteroatoms. The highest BCUT2D eigenvalue weighted by Crippen LogP contribution is 2.47. The average molecular weight is 875 g/mol. The second-order valence-electron chi connectivity index (χ2n) is 16.3. The molecule has 60 heavy (non-hydrogen) atoms. The van der Waals surface area contributed by atoms with Gasteiger partial charge in [-0.2, -0.15) is 0 Å². The van der Waals surface area contributed by atoms with Crippen LogP contribution in [0.3, 0.4) is 0 Å². The third-order valence-corrected chi connectivity index (χ3v) is 11.7. The highest BCUT2D eigenvalue weighted by Gasteiger charge is 2.51. The molecule has 0 amide bonds. The summed E-state index contributed by atoms with van der Waals surface area (Å²) in [6, 6.07) is 0. The van der Waals surface area contributed by atoms with Crippen LogP contribution in [0, 0.1) is 0 Å². The summed E-state index contributed by atoms with van der Waals surface area (Å²) in [5.74, 6) is -1.14. The number of hydrogen-bond donors (Lipinski definition) is 6. The number of aliphatic hydroxyl groups is 5. The number of esters is 2. The maximum absolute atomic E-state index is 12.8. The molecule has 6 N–H and O–H groups in total. The summed E-state index contributed by atoms with van der Waals surface area (Å²) in [6.07, 6.45) is 27.7. The van der Waals surface area contributed by atoms with Gasteiger partial charge < -0.3 is 39.9 Å². The second-order valence-corrected chi connectivity index (χ2v) is 17.7. The molecule has 0 aromatic rings. The Kier molecular flexibility index (Phi) is 34.2. The van der Waals surface area contributed by atoms with Crippen LogP contribution < -0.4 is 0 Å². The first-order valence-electron chi connectivity index (χ1n) is 23.3. The zero-order valence-electron chi connectivity index (χ0n) is 37.0. The minimum atomic E-state index is -5.12. The van der Waals surface area contributed by atoms with E-state index in [9.17, 15) is 44.6 Å². The molecular weight excluding hydrogens is 791 g/mol. The topological polar surface area (TPSA) is 210 Å². The normalized spacial score (nSPS) is 22.5. The lowest BCUT2D eigenvalue weighted by Gasteiger charge is -2.41. The molecule has 0 spiro atoms. The van der Waals surface area contributed by atoms with Crippen molar-refractivity contribution in [2.24, 2.45) is 0 Å². The first kappa shape index (κ1) is 56.1. The zero-order valence-corrected chi connectivity index (χ0v) is 37.9. The molecule has 1 fully saturated rings. The Hall–Kier alpha value is -1.93. The summed E-state index contributed by atoms with van der Waals surface area (Å²) in [7, 11) is -5.12. The van der Waals surface area contributed by atoms with Crippen LogP contribution in [0.5, 0.6) is 0 Å². The number of hydrogen-bond acceptors (Lipinski definition) is 12. The van der Waals surface area contributed by atoms with Crippen molar-refractivity contribution < 1.29 is 63.1 Å². The minimum Gasteiger partial charge on any atom is -0.462 e. The Balaban J connectivity index is 2.48. The predicted octanol–water partition coefficient (Wildman–Crippen LogP) is 9.00. The predicted molar refractivity (Wildman–Crippen MR) is 235 cm³/mol. The molecule has 13 nitrogen and oxygen atoms in total. The Bertz CT molecular complexity index is 1190. The number of carbonyl (C=O) groups is 2. The van der Waals surface area contributed by atoms with E-state index in [0.717, 1.165) is 57.8 Å². The van der Waals surface area contributed by atoms with Crippen molar-refractivity contribution >= 4 is 19.8 Å².